The third-order valence-electron chi connectivity index (χ3n) is 3.20. The zero-order chi connectivity index (χ0) is 21.7. The number of amides is 2. The van der Waals surface area contributed by atoms with E-state index in [0.717, 1.165) is 0 Å². The summed E-state index contributed by atoms with van der Waals surface area (Å²) in [5, 5.41) is 30.6. The average molecular weight is 441 g/mol. The molecule has 0 aromatic carbocycles. The molecular weight excluding hydrogens is 416 g/mol. The Morgan fingerprint density at radius 3 is 2.04 bits per heavy atom. The summed E-state index contributed by atoms with van der Waals surface area (Å²) in [6.07, 6.45) is -0.198. The predicted molar refractivity (Wildman–Crippen MR) is 103 cm³/mol. The van der Waals surface area contributed by atoms with Gasteiger partial charge in [-0.3, -0.25) is 24.0 Å². The van der Waals surface area contributed by atoms with Crippen LogP contribution in [0.1, 0.15) is 19.3 Å². The molecule has 160 valence electrons. The molecule has 0 aliphatic carbocycles. The molecule has 14 heteroatoms. The summed E-state index contributed by atoms with van der Waals surface area (Å²) in [5.41, 5.74) is 10.7. The van der Waals surface area contributed by atoms with Gasteiger partial charge in [0, 0.05) is 17.9 Å². The van der Waals surface area contributed by atoms with Crippen LogP contribution in [-0.2, 0) is 24.0 Å². The van der Waals surface area contributed by atoms with Crippen molar-refractivity contribution in [3.63, 3.8) is 0 Å². The Hall–Kier alpha value is -2.03. The van der Waals surface area contributed by atoms with Crippen LogP contribution in [0.3, 0.4) is 0 Å². The van der Waals surface area contributed by atoms with Crippen LogP contribution in [0.4, 0.5) is 0 Å². The number of nitrogens with two attached hydrogens (primary N) is 2. The first-order valence-corrected chi connectivity index (χ1v) is 10.5. The molecule has 0 aromatic heterocycles. The Morgan fingerprint density at radius 1 is 0.893 bits per heavy atom. The average Bonchev–Trinajstić information content (AvgIpc) is 2.62. The predicted octanol–water partition coefficient (Wildman–Crippen LogP) is -1.95. The number of hydrogen-bond donors (Lipinski definition) is 7. The van der Waals surface area contributed by atoms with Crippen molar-refractivity contribution in [2.24, 2.45) is 11.5 Å². The number of nitrogens with one attached hydrogen (secondary N) is 2. The molecule has 0 spiro atoms. The molecule has 3 atom stereocenters. The SMILES string of the molecule is N[C@@H](CCC(=O)N[C@@H](CCSSC[C@H](N)C(=O)O)C(=O)NCC(=O)O)C(=O)O. The van der Waals surface area contributed by atoms with Crippen LogP contribution in [0, 0.1) is 0 Å². The smallest absolute Gasteiger partial charge is 0.322 e. The van der Waals surface area contributed by atoms with E-state index in [2.05, 4.69) is 10.6 Å². The Bertz CT molecular complexity index is 578. The molecule has 0 aromatic rings. The summed E-state index contributed by atoms with van der Waals surface area (Å²) in [6, 6.07) is -3.27. The second-order valence-corrected chi connectivity index (χ2v) is 8.18. The van der Waals surface area contributed by atoms with Gasteiger partial charge in [-0.2, -0.15) is 0 Å². The largest absolute Gasteiger partial charge is 0.480 e. The highest BCUT2D eigenvalue weighted by Crippen LogP contribution is 2.23. The first kappa shape index (κ1) is 26.0. The van der Waals surface area contributed by atoms with E-state index in [9.17, 15) is 24.0 Å². The lowest BCUT2D eigenvalue weighted by molar-refractivity contribution is -0.139. The zero-order valence-corrected chi connectivity index (χ0v) is 16.5. The van der Waals surface area contributed by atoms with Gasteiger partial charge in [0.1, 0.15) is 24.7 Å². The molecule has 0 heterocycles. The molecule has 0 bridgehead atoms. The second-order valence-electron chi connectivity index (χ2n) is 5.55. The number of aliphatic carboxylic acids is 3. The lowest BCUT2D eigenvalue weighted by Gasteiger charge is -2.18. The highest BCUT2D eigenvalue weighted by Gasteiger charge is 2.22. The molecule has 0 fully saturated rings. The highest BCUT2D eigenvalue weighted by atomic mass is 33.1. The van der Waals surface area contributed by atoms with Gasteiger partial charge in [-0.05, 0) is 12.8 Å². The fourth-order valence-electron chi connectivity index (χ4n) is 1.65. The molecule has 0 rings (SSSR count). The maximum Gasteiger partial charge on any atom is 0.322 e. The van der Waals surface area contributed by atoms with Gasteiger partial charge in [0.25, 0.3) is 0 Å². The number of hydrogen-bond acceptors (Lipinski definition) is 9. The Labute approximate surface area is 168 Å². The van der Waals surface area contributed by atoms with Crippen LogP contribution in [-0.4, -0.2) is 81.2 Å². The standard InChI is InChI=1S/C14H24N4O8S2/c15-7(13(23)24)1-2-10(19)18-9(12(22)17-5-11(20)21)3-4-27-28-6-8(16)14(25)26/h7-9H,1-6,15-16H2,(H,17,22)(H,18,19)(H,20,21)(H,23,24)(H,25,26)/t7-,8-,9-/m0/s1. The molecular formula is C14H24N4O8S2. The van der Waals surface area contributed by atoms with Gasteiger partial charge in [-0.1, -0.05) is 21.6 Å². The summed E-state index contributed by atoms with van der Waals surface area (Å²) < 4.78 is 0. The molecule has 2 amide bonds. The van der Waals surface area contributed by atoms with E-state index in [1.165, 1.54) is 21.6 Å². The first-order valence-electron chi connectivity index (χ1n) is 8.04. The van der Waals surface area contributed by atoms with E-state index in [0.29, 0.717) is 5.75 Å². The van der Waals surface area contributed by atoms with Crippen molar-refractivity contribution >= 4 is 51.3 Å². The van der Waals surface area contributed by atoms with Crippen LogP contribution in [0.25, 0.3) is 0 Å². The van der Waals surface area contributed by atoms with Crippen molar-refractivity contribution in [2.45, 2.75) is 37.4 Å². The van der Waals surface area contributed by atoms with Crippen molar-refractivity contribution in [3.8, 4) is 0 Å². The number of carboxylic acid groups (broad SMARTS) is 3. The van der Waals surface area contributed by atoms with Crippen LogP contribution in [0.15, 0.2) is 0 Å². The number of carbonyl (C=O) groups excluding carboxylic acids is 2. The van der Waals surface area contributed by atoms with Gasteiger partial charge in [-0.25, -0.2) is 0 Å². The Balaban J connectivity index is 4.54. The minimum atomic E-state index is -1.25. The fourth-order valence-corrected chi connectivity index (χ4v) is 3.85. The van der Waals surface area contributed by atoms with E-state index in [1.54, 1.807) is 0 Å². The van der Waals surface area contributed by atoms with Gasteiger partial charge in [-0.15, -0.1) is 0 Å². The lowest BCUT2D eigenvalue weighted by atomic mass is 10.1. The second kappa shape index (κ2) is 14.0. The summed E-state index contributed by atoms with van der Waals surface area (Å²) in [5.74, 6) is -4.45. The summed E-state index contributed by atoms with van der Waals surface area (Å²) in [6.45, 7) is -0.621. The van der Waals surface area contributed by atoms with Crippen LogP contribution in [0.2, 0.25) is 0 Å². The van der Waals surface area contributed by atoms with Gasteiger partial charge >= 0.3 is 17.9 Å². The van der Waals surface area contributed by atoms with Crippen molar-refractivity contribution in [3.05, 3.63) is 0 Å². The first-order chi connectivity index (χ1) is 13.0. The van der Waals surface area contributed by atoms with E-state index in [4.69, 9.17) is 26.8 Å². The molecule has 28 heavy (non-hydrogen) atoms. The van der Waals surface area contributed by atoms with Crippen LogP contribution >= 0.6 is 21.6 Å². The van der Waals surface area contributed by atoms with Crippen LogP contribution in [0.5, 0.6) is 0 Å². The molecule has 0 aliphatic rings. The maximum absolute atomic E-state index is 12.1. The van der Waals surface area contributed by atoms with E-state index >= 15 is 0 Å². The molecule has 9 N–H and O–H groups in total. The maximum atomic E-state index is 12.1. The van der Waals surface area contributed by atoms with Gasteiger partial charge in [0.2, 0.25) is 11.8 Å². The summed E-state index contributed by atoms with van der Waals surface area (Å²) in [7, 11) is 2.43. The Morgan fingerprint density at radius 2 is 1.50 bits per heavy atom. The number of carboxylic acids is 3. The van der Waals surface area contributed by atoms with E-state index in [-0.39, 0.29) is 25.0 Å². The Kier molecular flexibility index (Phi) is 13.0. The lowest BCUT2D eigenvalue weighted by Crippen LogP contribution is -2.48. The molecule has 12 nitrogen and oxygen atoms in total. The van der Waals surface area contributed by atoms with Gasteiger partial charge in [0.15, 0.2) is 0 Å². The number of rotatable bonds is 15. The topological polar surface area (TPSA) is 222 Å². The molecule has 0 saturated carbocycles. The van der Waals surface area contributed by atoms with Crippen molar-refractivity contribution in [1.82, 2.24) is 10.6 Å². The fraction of sp³-hybridized carbons (Fsp3) is 0.643. The molecule has 0 saturated heterocycles. The van der Waals surface area contributed by atoms with Crippen molar-refractivity contribution in [2.75, 3.05) is 18.1 Å². The highest BCUT2D eigenvalue weighted by molar-refractivity contribution is 8.76. The normalized spacial score (nSPS) is 13.8. The van der Waals surface area contributed by atoms with Gasteiger partial charge in [0.05, 0.1) is 0 Å². The van der Waals surface area contributed by atoms with E-state index in [1.807, 2.05) is 0 Å². The molecule has 0 aliphatic heterocycles. The third kappa shape index (κ3) is 12.4. The van der Waals surface area contributed by atoms with E-state index < -0.39 is 54.4 Å². The molecule has 0 unspecified atom stereocenters. The van der Waals surface area contributed by atoms with Crippen molar-refractivity contribution < 1.29 is 39.3 Å². The monoisotopic (exact) mass is 440 g/mol. The summed E-state index contributed by atoms with van der Waals surface area (Å²) >= 11 is 0. The van der Waals surface area contributed by atoms with Crippen molar-refractivity contribution in [1.29, 1.82) is 0 Å². The van der Waals surface area contributed by atoms with Crippen LogP contribution < -0.4 is 22.1 Å². The quantitative estimate of drug-likeness (QED) is 0.109. The zero-order valence-electron chi connectivity index (χ0n) is 14.8. The number of carbonyl (C=O) groups is 5. The minimum Gasteiger partial charge on any atom is -0.480 e. The summed E-state index contributed by atoms with van der Waals surface area (Å²) in [4.78, 5) is 55.8. The third-order valence-corrected chi connectivity index (χ3v) is 5.68. The minimum absolute atomic E-state index is 0.123. The molecule has 0 radical (unpaired) electrons. The van der Waals surface area contributed by atoms with Gasteiger partial charge < -0.3 is 37.4 Å².